The molecule has 0 saturated heterocycles. The average Bonchev–Trinajstić information content (AvgIpc) is 3.26. The van der Waals surface area contributed by atoms with Gasteiger partial charge in [-0.15, -0.1) is 0 Å². The van der Waals surface area contributed by atoms with E-state index in [2.05, 4.69) is 81.5 Å². The SMILES string of the molecule is CC/C=C/C=C/C=C/C=C/CCCCCC(=O)OCC(COC(=O)CCCCC/C=C/C=C/CCCCCCCCC)OC(=O)CCCCCCCCC/C=C/C/C=C/CC. The van der Waals surface area contributed by atoms with Gasteiger partial charge in [-0.25, -0.2) is 0 Å². The quantitative estimate of drug-likeness (QED) is 0.0200. The highest BCUT2D eigenvalue weighted by atomic mass is 16.6. The van der Waals surface area contributed by atoms with Gasteiger partial charge in [0.2, 0.25) is 0 Å². The Kier molecular flexibility index (Phi) is 46.0. The fourth-order valence-corrected chi connectivity index (χ4v) is 6.48. The molecular weight excluding hydrogens is 757 g/mol. The van der Waals surface area contributed by atoms with E-state index in [4.69, 9.17) is 14.2 Å². The van der Waals surface area contributed by atoms with Gasteiger partial charge in [0.1, 0.15) is 13.2 Å². The van der Waals surface area contributed by atoms with Gasteiger partial charge in [-0.05, 0) is 89.9 Å². The van der Waals surface area contributed by atoms with Crippen LogP contribution in [0.3, 0.4) is 0 Å². The van der Waals surface area contributed by atoms with Gasteiger partial charge in [0.05, 0.1) is 0 Å². The van der Waals surface area contributed by atoms with E-state index >= 15 is 0 Å². The molecule has 0 bridgehead atoms. The first-order valence-electron chi connectivity index (χ1n) is 24.8. The Morgan fingerprint density at radius 2 is 0.721 bits per heavy atom. The highest BCUT2D eigenvalue weighted by Gasteiger charge is 2.19. The van der Waals surface area contributed by atoms with E-state index in [1.165, 1.54) is 70.6 Å². The average molecular weight is 847 g/mol. The van der Waals surface area contributed by atoms with Gasteiger partial charge in [0.15, 0.2) is 6.10 Å². The Morgan fingerprint density at radius 1 is 0.361 bits per heavy atom. The number of esters is 3. The predicted octanol–water partition coefficient (Wildman–Crippen LogP) is 16.2. The van der Waals surface area contributed by atoms with Crippen LogP contribution in [0.15, 0.2) is 97.2 Å². The van der Waals surface area contributed by atoms with E-state index in [0.29, 0.717) is 19.3 Å². The van der Waals surface area contributed by atoms with Crippen LogP contribution in [0.25, 0.3) is 0 Å². The summed E-state index contributed by atoms with van der Waals surface area (Å²) in [6, 6.07) is 0. The van der Waals surface area contributed by atoms with Crippen LogP contribution in [0.4, 0.5) is 0 Å². The van der Waals surface area contributed by atoms with Crippen molar-refractivity contribution in [1.82, 2.24) is 0 Å². The van der Waals surface area contributed by atoms with Crippen LogP contribution in [-0.4, -0.2) is 37.2 Å². The Balaban J connectivity index is 4.50. The first kappa shape index (κ1) is 57.3. The van der Waals surface area contributed by atoms with Crippen molar-refractivity contribution in [3.8, 4) is 0 Å². The molecule has 0 radical (unpaired) electrons. The Bertz CT molecular complexity index is 1250. The first-order chi connectivity index (χ1) is 30.0. The monoisotopic (exact) mass is 847 g/mol. The topological polar surface area (TPSA) is 78.9 Å². The maximum atomic E-state index is 12.8. The van der Waals surface area contributed by atoms with Crippen molar-refractivity contribution in [3.05, 3.63) is 97.2 Å². The lowest BCUT2D eigenvalue weighted by Gasteiger charge is -2.18. The molecule has 346 valence electrons. The summed E-state index contributed by atoms with van der Waals surface area (Å²) in [6.07, 6.45) is 63.9. The molecule has 0 fully saturated rings. The molecule has 0 amide bonds. The first-order valence-corrected chi connectivity index (χ1v) is 24.8. The second-order valence-corrected chi connectivity index (χ2v) is 16.1. The summed E-state index contributed by atoms with van der Waals surface area (Å²) in [7, 11) is 0. The summed E-state index contributed by atoms with van der Waals surface area (Å²) in [5.74, 6) is -0.986. The zero-order valence-electron chi connectivity index (χ0n) is 39.4. The van der Waals surface area contributed by atoms with Gasteiger partial charge in [-0.2, -0.15) is 0 Å². The lowest BCUT2D eigenvalue weighted by molar-refractivity contribution is -0.167. The van der Waals surface area contributed by atoms with Crippen LogP contribution in [0.2, 0.25) is 0 Å². The number of allylic oxidation sites excluding steroid dienone is 16. The van der Waals surface area contributed by atoms with Crippen LogP contribution in [-0.2, 0) is 28.6 Å². The molecule has 0 rings (SSSR count). The summed E-state index contributed by atoms with van der Waals surface area (Å²) in [5, 5.41) is 0. The molecule has 0 aliphatic carbocycles. The number of carbonyl (C=O) groups excluding carboxylic acids is 3. The van der Waals surface area contributed by atoms with Gasteiger partial charge in [-0.3, -0.25) is 14.4 Å². The number of hydrogen-bond acceptors (Lipinski definition) is 6. The third-order valence-corrected chi connectivity index (χ3v) is 10.2. The third-order valence-electron chi connectivity index (χ3n) is 10.2. The van der Waals surface area contributed by atoms with E-state index in [1.807, 2.05) is 36.5 Å². The fourth-order valence-electron chi connectivity index (χ4n) is 6.48. The van der Waals surface area contributed by atoms with E-state index < -0.39 is 6.10 Å². The van der Waals surface area contributed by atoms with Crippen LogP contribution in [0.5, 0.6) is 0 Å². The molecule has 1 atom stereocenters. The number of carbonyl (C=O) groups is 3. The Morgan fingerprint density at radius 3 is 1.21 bits per heavy atom. The lowest BCUT2D eigenvalue weighted by atomic mass is 10.1. The van der Waals surface area contributed by atoms with Crippen LogP contribution >= 0.6 is 0 Å². The number of rotatable bonds is 43. The minimum absolute atomic E-state index is 0.109. The lowest BCUT2D eigenvalue weighted by Crippen LogP contribution is -2.30. The molecular formula is C55H90O6. The van der Waals surface area contributed by atoms with Crippen molar-refractivity contribution in [2.75, 3.05) is 13.2 Å². The molecule has 0 heterocycles. The molecule has 0 aliphatic rings. The molecule has 0 aromatic heterocycles. The predicted molar refractivity (Wildman–Crippen MR) is 260 cm³/mol. The molecule has 0 aliphatic heterocycles. The maximum Gasteiger partial charge on any atom is 0.306 e. The number of unbranched alkanes of at least 4 members (excludes halogenated alkanes) is 20. The summed E-state index contributed by atoms with van der Waals surface area (Å²) in [6.45, 7) is 6.31. The minimum Gasteiger partial charge on any atom is -0.462 e. The van der Waals surface area contributed by atoms with Crippen molar-refractivity contribution in [2.45, 2.75) is 219 Å². The summed E-state index contributed by atoms with van der Waals surface area (Å²) in [5.41, 5.74) is 0. The second kappa shape index (κ2) is 49.0. The third kappa shape index (κ3) is 47.2. The highest BCUT2D eigenvalue weighted by Crippen LogP contribution is 2.13. The second-order valence-electron chi connectivity index (χ2n) is 16.1. The van der Waals surface area contributed by atoms with Crippen LogP contribution in [0.1, 0.15) is 213 Å². The smallest absolute Gasteiger partial charge is 0.306 e. The molecule has 0 aromatic carbocycles. The molecule has 0 N–H and O–H groups in total. The Labute approximate surface area is 375 Å². The molecule has 1 unspecified atom stereocenters. The van der Waals surface area contributed by atoms with Crippen molar-refractivity contribution in [3.63, 3.8) is 0 Å². The largest absolute Gasteiger partial charge is 0.462 e. The molecule has 6 heteroatoms. The van der Waals surface area contributed by atoms with Gasteiger partial charge in [0, 0.05) is 19.3 Å². The summed E-state index contributed by atoms with van der Waals surface area (Å²) < 4.78 is 16.7. The van der Waals surface area contributed by atoms with E-state index in [0.717, 1.165) is 103 Å². The molecule has 0 spiro atoms. The van der Waals surface area contributed by atoms with Crippen LogP contribution in [0, 0.1) is 0 Å². The molecule has 61 heavy (non-hydrogen) atoms. The molecule has 0 aromatic rings. The van der Waals surface area contributed by atoms with Crippen molar-refractivity contribution < 1.29 is 28.6 Å². The highest BCUT2D eigenvalue weighted by molar-refractivity contribution is 5.71. The maximum absolute atomic E-state index is 12.8. The standard InChI is InChI=1S/C55H90O6/c1-4-7-10-13-16-19-22-25-27-28-31-33-36-39-42-45-48-54(57)60-51-52(50-59-53(56)47-44-41-38-35-32-29-24-21-18-15-12-9-6-3)61-55(58)49-46-43-40-37-34-30-26-23-20-17-14-11-8-5-2/h8-9,11-12,15,17-18,20-21,24,27-29,31-33,52H,4-7,10,13-14,16,19,22-23,25-26,30,34-51H2,1-3H3/b11-8+,12-9+,18-15+,20-17+,24-21+,28-27+,32-29+,33-31+. The van der Waals surface area contributed by atoms with E-state index in [1.54, 1.807) is 0 Å². The van der Waals surface area contributed by atoms with Crippen molar-refractivity contribution in [1.29, 1.82) is 0 Å². The van der Waals surface area contributed by atoms with Gasteiger partial charge < -0.3 is 14.2 Å². The van der Waals surface area contributed by atoms with Crippen LogP contribution < -0.4 is 0 Å². The fraction of sp³-hybridized carbons (Fsp3) is 0.655. The summed E-state index contributed by atoms with van der Waals surface area (Å²) >= 11 is 0. The molecule has 0 saturated carbocycles. The minimum atomic E-state index is -0.809. The van der Waals surface area contributed by atoms with E-state index in [-0.39, 0.29) is 31.1 Å². The van der Waals surface area contributed by atoms with Gasteiger partial charge in [-0.1, -0.05) is 201 Å². The van der Waals surface area contributed by atoms with E-state index in [9.17, 15) is 14.4 Å². The van der Waals surface area contributed by atoms with Gasteiger partial charge in [0.25, 0.3) is 0 Å². The normalized spacial score (nSPS) is 12.9. The van der Waals surface area contributed by atoms with Crippen molar-refractivity contribution in [2.24, 2.45) is 0 Å². The van der Waals surface area contributed by atoms with Gasteiger partial charge >= 0.3 is 17.9 Å². The zero-order valence-corrected chi connectivity index (χ0v) is 39.4. The molecule has 6 nitrogen and oxygen atoms in total. The summed E-state index contributed by atoms with van der Waals surface area (Å²) in [4.78, 5) is 37.9. The number of ether oxygens (including phenoxy) is 3. The number of hydrogen-bond donors (Lipinski definition) is 0. The Hall–Kier alpha value is -3.67. The zero-order chi connectivity index (χ0) is 44.4. The van der Waals surface area contributed by atoms with Crippen molar-refractivity contribution >= 4 is 17.9 Å².